The number of nitrogens with zero attached hydrogens (tertiary/aromatic N) is 2. The fourth-order valence-electron chi connectivity index (χ4n) is 2.74. The van der Waals surface area contributed by atoms with E-state index in [1.807, 2.05) is 24.1 Å². The molecule has 1 unspecified atom stereocenters. The molecule has 0 bridgehead atoms. The van der Waals surface area contributed by atoms with Gasteiger partial charge in [0.05, 0.1) is 5.56 Å². The van der Waals surface area contributed by atoms with Crippen LogP contribution >= 0.6 is 0 Å². The van der Waals surface area contributed by atoms with Crippen LogP contribution in [0.1, 0.15) is 49.4 Å². The molecule has 1 N–H and O–H groups in total. The molecule has 1 atom stereocenters. The smallest absolute Gasteiger partial charge is 0.255 e. The zero-order valence-electron chi connectivity index (χ0n) is 11.9. The summed E-state index contributed by atoms with van der Waals surface area (Å²) in [4.78, 5) is 18.8. The van der Waals surface area contributed by atoms with Crippen LogP contribution in [0.4, 0.5) is 5.82 Å². The van der Waals surface area contributed by atoms with Gasteiger partial charge in [-0.1, -0.05) is 13.3 Å². The lowest BCUT2D eigenvalue weighted by molar-refractivity contribution is 0.0600. The van der Waals surface area contributed by atoms with Crippen LogP contribution in [-0.2, 0) is 0 Å². The molecular formula is C15H23N3O. The van der Waals surface area contributed by atoms with Crippen LogP contribution in [-0.4, -0.2) is 35.4 Å². The highest BCUT2D eigenvalue weighted by molar-refractivity contribution is 5.94. The SMILES string of the molecule is CCCC1CCCCN1C(=O)c1ccc(NC)nc1. The van der Waals surface area contributed by atoms with E-state index in [-0.39, 0.29) is 5.91 Å². The Balaban J connectivity index is 2.11. The van der Waals surface area contributed by atoms with Gasteiger partial charge >= 0.3 is 0 Å². The number of carbonyl (C=O) groups is 1. The minimum Gasteiger partial charge on any atom is -0.373 e. The van der Waals surface area contributed by atoms with E-state index in [4.69, 9.17) is 0 Å². The number of hydrogen-bond donors (Lipinski definition) is 1. The van der Waals surface area contributed by atoms with Crippen LogP contribution in [0.2, 0.25) is 0 Å². The molecule has 0 radical (unpaired) electrons. The third-order valence-electron chi connectivity index (χ3n) is 3.78. The van der Waals surface area contributed by atoms with Crippen LogP contribution < -0.4 is 5.32 Å². The van der Waals surface area contributed by atoms with Crippen molar-refractivity contribution < 1.29 is 4.79 Å². The largest absolute Gasteiger partial charge is 0.373 e. The maximum atomic E-state index is 12.6. The number of amides is 1. The van der Waals surface area contributed by atoms with Gasteiger partial charge in [0.25, 0.3) is 5.91 Å². The monoisotopic (exact) mass is 261 g/mol. The third kappa shape index (κ3) is 3.25. The maximum Gasteiger partial charge on any atom is 0.255 e. The molecular weight excluding hydrogens is 238 g/mol. The first-order chi connectivity index (χ1) is 9.26. The van der Waals surface area contributed by atoms with Gasteiger partial charge in [-0.2, -0.15) is 0 Å². The quantitative estimate of drug-likeness (QED) is 0.906. The number of pyridine rings is 1. The van der Waals surface area contributed by atoms with E-state index in [2.05, 4.69) is 17.2 Å². The molecule has 2 rings (SSSR count). The first kappa shape index (κ1) is 13.8. The summed E-state index contributed by atoms with van der Waals surface area (Å²) in [7, 11) is 1.83. The molecule has 1 aromatic rings. The highest BCUT2D eigenvalue weighted by Crippen LogP contribution is 2.23. The van der Waals surface area contributed by atoms with Crippen LogP contribution in [0, 0.1) is 0 Å². The summed E-state index contributed by atoms with van der Waals surface area (Å²) in [6, 6.07) is 4.13. The molecule has 1 fully saturated rings. The number of likely N-dealkylation sites (tertiary alicyclic amines) is 1. The summed E-state index contributed by atoms with van der Waals surface area (Å²) in [5.41, 5.74) is 0.696. The maximum absolute atomic E-state index is 12.6. The molecule has 1 aromatic heterocycles. The molecule has 0 aliphatic carbocycles. The first-order valence-electron chi connectivity index (χ1n) is 7.21. The van der Waals surface area contributed by atoms with Crippen molar-refractivity contribution in [2.45, 2.75) is 45.1 Å². The Kier molecular flexibility index (Phi) is 4.77. The molecule has 19 heavy (non-hydrogen) atoms. The van der Waals surface area contributed by atoms with Gasteiger partial charge < -0.3 is 10.2 Å². The number of carbonyl (C=O) groups excluding carboxylic acids is 1. The number of piperidine rings is 1. The highest BCUT2D eigenvalue weighted by Gasteiger charge is 2.26. The van der Waals surface area contributed by atoms with Crippen molar-refractivity contribution in [1.82, 2.24) is 9.88 Å². The van der Waals surface area contributed by atoms with Gasteiger partial charge in [-0.05, 0) is 37.8 Å². The van der Waals surface area contributed by atoms with Crippen LogP contribution in [0.25, 0.3) is 0 Å². The number of anilines is 1. The van der Waals surface area contributed by atoms with Gasteiger partial charge in [-0.25, -0.2) is 4.98 Å². The van der Waals surface area contributed by atoms with Crippen molar-refractivity contribution in [3.63, 3.8) is 0 Å². The van der Waals surface area contributed by atoms with Gasteiger partial charge in [0, 0.05) is 25.8 Å². The molecule has 0 aromatic carbocycles. The minimum absolute atomic E-state index is 0.133. The Morgan fingerprint density at radius 3 is 2.95 bits per heavy atom. The summed E-state index contributed by atoms with van der Waals surface area (Å²) >= 11 is 0. The Hall–Kier alpha value is -1.58. The average molecular weight is 261 g/mol. The van der Waals surface area contributed by atoms with Crippen LogP contribution in [0.3, 0.4) is 0 Å². The normalized spacial score (nSPS) is 19.3. The first-order valence-corrected chi connectivity index (χ1v) is 7.21. The average Bonchev–Trinajstić information content (AvgIpc) is 2.47. The molecule has 2 heterocycles. The van der Waals surface area contributed by atoms with Crippen molar-refractivity contribution in [2.24, 2.45) is 0 Å². The number of rotatable bonds is 4. The molecule has 0 saturated carbocycles. The van der Waals surface area contributed by atoms with Gasteiger partial charge in [0.1, 0.15) is 5.82 Å². The van der Waals surface area contributed by atoms with Gasteiger partial charge in [-0.15, -0.1) is 0 Å². The zero-order valence-corrected chi connectivity index (χ0v) is 11.9. The topological polar surface area (TPSA) is 45.2 Å². The Bertz CT molecular complexity index is 414. The number of nitrogens with one attached hydrogen (secondary N) is 1. The lowest BCUT2D eigenvalue weighted by Gasteiger charge is -2.35. The summed E-state index contributed by atoms with van der Waals surface area (Å²) in [5, 5.41) is 2.97. The Morgan fingerprint density at radius 1 is 1.47 bits per heavy atom. The van der Waals surface area contributed by atoms with E-state index in [0.717, 1.165) is 38.0 Å². The standard InChI is InChI=1S/C15H23N3O/c1-3-6-13-7-4-5-10-18(13)15(19)12-8-9-14(16-2)17-11-12/h8-9,11,13H,3-7,10H2,1-2H3,(H,16,17). The molecule has 104 valence electrons. The number of hydrogen-bond acceptors (Lipinski definition) is 3. The van der Waals surface area contributed by atoms with E-state index in [0.29, 0.717) is 11.6 Å². The van der Waals surface area contributed by atoms with E-state index in [9.17, 15) is 4.79 Å². The summed E-state index contributed by atoms with van der Waals surface area (Å²) in [5.74, 6) is 0.925. The highest BCUT2D eigenvalue weighted by atomic mass is 16.2. The Morgan fingerprint density at radius 2 is 2.32 bits per heavy atom. The molecule has 1 saturated heterocycles. The second kappa shape index (κ2) is 6.55. The molecule has 4 nitrogen and oxygen atoms in total. The van der Waals surface area contributed by atoms with Crippen molar-refractivity contribution in [2.75, 3.05) is 18.9 Å². The second-order valence-corrected chi connectivity index (χ2v) is 5.12. The van der Waals surface area contributed by atoms with Gasteiger partial charge in [0.2, 0.25) is 0 Å². The van der Waals surface area contributed by atoms with Crippen molar-refractivity contribution in [1.29, 1.82) is 0 Å². The lowest BCUT2D eigenvalue weighted by Crippen LogP contribution is -2.43. The van der Waals surface area contributed by atoms with E-state index in [1.54, 1.807) is 6.20 Å². The fourth-order valence-corrected chi connectivity index (χ4v) is 2.74. The van der Waals surface area contributed by atoms with E-state index < -0.39 is 0 Å². The third-order valence-corrected chi connectivity index (χ3v) is 3.78. The molecule has 1 amide bonds. The lowest BCUT2D eigenvalue weighted by atomic mass is 9.97. The summed E-state index contributed by atoms with van der Waals surface area (Å²) in [6.45, 7) is 3.07. The summed E-state index contributed by atoms with van der Waals surface area (Å²) < 4.78 is 0. The second-order valence-electron chi connectivity index (χ2n) is 5.12. The predicted molar refractivity (Wildman–Crippen MR) is 77.4 cm³/mol. The summed E-state index contributed by atoms with van der Waals surface area (Å²) in [6.07, 6.45) is 7.41. The van der Waals surface area contributed by atoms with E-state index in [1.165, 1.54) is 6.42 Å². The predicted octanol–water partition coefficient (Wildman–Crippen LogP) is 2.92. The van der Waals surface area contributed by atoms with Crippen molar-refractivity contribution in [3.05, 3.63) is 23.9 Å². The molecule has 1 aliphatic heterocycles. The molecule has 4 heteroatoms. The van der Waals surface area contributed by atoms with E-state index >= 15 is 0 Å². The molecule has 1 aliphatic rings. The van der Waals surface area contributed by atoms with Gasteiger partial charge in [-0.3, -0.25) is 4.79 Å². The molecule has 0 spiro atoms. The number of aromatic nitrogens is 1. The Labute approximate surface area is 115 Å². The van der Waals surface area contributed by atoms with Crippen LogP contribution in [0.15, 0.2) is 18.3 Å². The van der Waals surface area contributed by atoms with Crippen molar-refractivity contribution in [3.8, 4) is 0 Å². The fraction of sp³-hybridized carbons (Fsp3) is 0.600. The minimum atomic E-state index is 0.133. The van der Waals surface area contributed by atoms with Crippen molar-refractivity contribution >= 4 is 11.7 Å². The van der Waals surface area contributed by atoms with Crippen LogP contribution in [0.5, 0.6) is 0 Å². The van der Waals surface area contributed by atoms with Gasteiger partial charge in [0.15, 0.2) is 0 Å². The zero-order chi connectivity index (χ0) is 13.7.